The second-order valence-corrected chi connectivity index (χ2v) is 14.5. The molecule has 0 unspecified atom stereocenters. The molecule has 0 fully saturated rings. The third-order valence-electron chi connectivity index (χ3n) is 11.4. The zero-order chi connectivity index (χ0) is 37.1. The van der Waals surface area contributed by atoms with E-state index in [2.05, 4.69) is 180 Å². The Morgan fingerprint density at radius 2 is 0.946 bits per heavy atom. The molecule has 0 N–H and O–H groups in total. The van der Waals surface area contributed by atoms with Gasteiger partial charge in [-0.2, -0.15) is 0 Å². The summed E-state index contributed by atoms with van der Waals surface area (Å²) in [5.74, 6) is 0. The summed E-state index contributed by atoms with van der Waals surface area (Å²) in [6.07, 6.45) is 3.69. The summed E-state index contributed by atoms with van der Waals surface area (Å²) in [5.41, 5.74) is 17.1. The van der Waals surface area contributed by atoms with Gasteiger partial charge in [0.15, 0.2) is 0 Å². The summed E-state index contributed by atoms with van der Waals surface area (Å²) in [7, 11) is 0. The van der Waals surface area contributed by atoms with E-state index >= 15 is 0 Å². The molecule has 0 aliphatic heterocycles. The van der Waals surface area contributed by atoms with Gasteiger partial charge in [-0.15, -0.1) is 0 Å². The fourth-order valence-electron chi connectivity index (χ4n) is 9.03. The zero-order valence-electron chi connectivity index (χ0n) is 30.4. The van der Waals surface area contributed by atoms with Crippen molar-refractivity contribution in [3.8, 4) is 55.9 Å². The Bertz CT molecular complexity index is 2950. The van der Waals surface area contributed by atoms with Crippen molar-refractivity contribution < 1.29 is 4.42 Å². The van der Waals surface area contributed by atoms with Crippen LogP contribution in [-0.4, -0.2) is 9.97 Å². The molecule has 3 nitrogen and oxygen atoms in total. The van der Waals surface area contributed by atoms with E-state index < -0.39 is 5.41 Å². The van der Waals surface area contributed by atoms with E-state index in [9.17, 15) is 0 Å². The Kier molecular flexibility index (Phi) is 7.39. The molecule has 0 bridgehead atoms. The number of hydrogen-bond acceptors (Lipinski definition) is 3. The van der Waals surface area contributed by atoms with E-state index in [1.54, 1.807) is 0 Å². The van der Waals surface area contributed by atoms with Crippen molar-refractivity contribution in [2.45, 2.75) is 5.41 Å². The number of para-hydroxylation sites is 1. The molecule has 7 aromatic carbocycles. The van der Waals surface area contributed by atoms with E-state index in [-0.39, 0.29) is 0 Å². The number of aromatic nitrogens is 2. The molecule has 1 aliphatic carbocycles. The van der Waals surface area contributed by atoms with Crippen LogP contribution >= 0.6 is 0 Å². The zero-order valence-corrected chi connectivity index (χ0v) is 30.4. The SMILES string of the molecule is c1ccc(C2(c3ccccc3)c3ccccc3-c3c2cc(-c2ccc(-c4cc(-c5ccccn5)cc(-c5ccccn5)c4)cc2)c2oc4ccccc4c32)cc1. The number of rotatable bonds is 6. The van der Waals surface area contributed by atoms with Crippen LogP contribution in [0.1, 0.15) is 22.3 Å². The minimum absolute atomic E-state index is 0.538. The van der Waals surface area contributed by atoms with Gasteiger partial charge < -0.3 is 4.42 Å². The molecule has 0 saturated heterocycles. The van der Waals surface area contributed by atoms with Crippen molar-refractivity contribution in [3.63, 3.8) is 0 Å². The first-order valence-electron chi connectivity index (χ1n) is 19.1. The highest BCUT2D eigenvalue weighted by molar-refractivity contribution is 6.19. The van der Waals surface area contributed by atoms with Crippen LogP contribution in [0.4, 0.5) is 0 Å². The molecule has 3 heteroatoms. The van der Waals surface area contributed by atoms with Crippen molar-refractivity contribution >= 4 is 21.9 Å². The second-order valence-electron chi connectivity index (χ2n) is 14.5. The fourth-order valence-corrected chi connectivity index (χ4v) is 9.03. The molecular weight excluding hydrogens is 681 g/mol. The first-order chi connectivity index (χ1) is 27.8. The van der Waals surface area contributed by atoms with Crippen LogP contribution in [0.3, 0.4) is 0 Å². The van der Waals surface area contributed by atoms with Crippen LogP contribution < -0.4 is 0 Å². The van der Waals surface area contributed by atoms with Gasteiger partial charge in [-0.1, -0.05) is 140 Å². The van der Waals surface area contributed by atoms with Crippen molar-refractivity contribution in [2.75, 3.05) is 0 Å². The lowest BCUT2D eigenvalue weighted by atomic mass is 9.67. The lowest BCUT2D eigenvalue weighted by Crippen LogP contribution is -2.28. The third-order valence-corrected chi connectivity index (χ3v) is 11.4. The maximum atomic E-state index is 6.89. The number of pyridine rings is 2. The van der Waals surface area contributed by atoms with Gasteiger partial charge in [-0.05, 0) is 105 Å². The maximum Gasteiger partial charge on any atom is 0.143 e. The lowest BCUT2D eigenvalue weighted by Gasteiger charge is -2.34. The number of fused-ring (bicyclic) bond motifs is 7. The summed E-state index contributed by atoms with van der Waals surface area (Å²) in [4.78, 5) is 9.37. The molecule has 1 aliphatic rings. The van der Waals surface area contributed by atoms with Crippen molar-refractivity contribution in [1.29, 1.82) is 0 Å². The second kappa shape index (κ2) is 12.9. The van der Waals surface area contributed by atoms with E-state index in [1.807, 2.05) is 36.7 Å². The third kappa shape index (κ3) is 4.91. The summed E-state index contributed by atoms with van der Waals surface area (Å²) in [5, 5.41) is 2.28. The topological polar surface area (TPSA) is 38.9 Å². The summed E-state index contributed by atoms with van der Waals surface area (Å²) >= 11 is 0. The summed E-state index contributed by atoms with van der Waals surface area (Å²) in [6, 6.07) is 69.4. The number of hydrogen-bond donors (Lipinski definition) is 0. The smallest absolute Gasteiger partial charge is 0.143 e. The Labute approximate surface area is 325 Å². The van der Waals surface area contributed by atoms with Crippen LogP contribution in [0, 0.1) is 0 Å². The molecule has 11 rings (SSSR count). The van der Waals surface area contributed by atoms with Gasteiger partial charge in [-0.25, -0.2) is 0 Å². The molecule has 3 heterocycles. The highest BCUT2D eigenvalue weighted by Crippen LogP contribution is 2.60. The molecule has 3 aromatic heterocycles. The Morgan fingerprint density at radius 1 is 0.393 bits per heavy atom. The molecule has 0 radical (unpaired) electrons. The molecule has 0 spiro atoms. The number of furan rings is 1. The molecular formula is C53H34N2O. The Hall–Kier alpha value is -7.36. The van der Waals surface area contributed by atoms with E-state index in [4.69, 9.17) is 4.42 Å². The van der Waals surface area contributed by atoms with E-state index in [0.717, 1.165) is 66.7 Å². The molecule has 10 aromatic rings. The van der Waals surface area contributed by atoms with E-state index in [0.29, 0.717) is 0 Å². The van der Waals surface area contributed by atoms with Crippen LogP contribution in [0.5, 0.6) is 0 Å². The van der Waals surface area contributed by atoms with Gasteiger partial charge in [0.1, 0.15) is 11.2 Å². The average molecular weight is 715 g/mol. The largest absolute Gasteiger partial charge is 0.455 e. The lowest BCUT2D eigenvalue weighted by molar-refractivity contribution is 0.669. The van der Waals surface area contributed by atoms with Crippen LogP contribution in [0.25, 0.3) is 77.8 Å². The van der Waals surface area contributed by atoms with Crippen molar-refractivity contribution in [1.82, 2.24) is 9.97 Å². The molecule has 262 valence electrons. The van der Waals surface area contributed by atoms with Gasteiger partial charge in [0, 0.05) is 39.9 Å². The Balaban J connectivity index is 1.16. The Morgan fingerprint density at radius 3 is 1.59 bits per heavy atom. The highest BCUT2D eigenvalue weighted by atomic mass is 16.3. The summed E-state index contributed by atoms with van der Waals surface area (Å²) < 4.78 is 6.89. The van der Waals surface area contributed by atoms with Gasteiger partial charge in [-0.3, -0.25) is 9.97 Å². The standard InChI is InChI=1S/C53H34N2O/c1-3-15-40(16-4-1)53(41-17-5-2-6-18-41)45-21-9-7-19-42(45)50-46(53)34-44(52-51(50)43-20-8-10-24-49(43)56-52)36-27-25-35(26-28-36)37-31-38(47-22-11-13-29-54-47)33-39(32-37)48-23-12-14-30-55-48/h1-34H. The number of benzene rings is 7. The number of nitrogens with zero attached hydrogens (tertiary/aromatic N) is 2. The monoisotopic (exact) mass is 714 g/mol. The van der Waals surface area contributed by atoms with Gasteiger partial charge in [0.2, 0.25) is 0 Å². The van der Waals surface area contributed by atoms with Gasteiger partial charge in [0.05, 0.1) is 16.8 Å². The van der Waals surface area contributed by atoms with E-state index in [1.165, 1.54) is 33.4 Å². The first kappa shape index (κ1) is 32.1. The maximum absolute atomic E-state index is 6.89. The minimum atomic E-state index is -0.538. The van der Waals surface area contributed by atoms with Crippen LogP contribution in [0.15, 0.2) is 211 Å². The first-order valence-corrected chi connectivity index (χ1v) is 19.1. The normalized spacial score (nSPS) is 12.8. The highest BCUT2D eigenvalue weighted by Gasteiger charge is 2.47. The molecule has 0 saturated carbocycles. The summed E-state index contributed by atoms with van der Waals surface area (Å²) in [6.45, 7) is 0. The van der Waals surface area contributed by atoms with Gasteiger partial charge >= 0.3 is 0 Å². The van der Waals surface area contributed by atoms with Crippen LogP contribution in [0.2, 0.25) is 0 Å². The minimum Gasteiger partial charge on any atom is -0.455 e. The molecule has 56 heavy (non-hydrogen) atoms. The van der Waals surface area contributed by atoms with Crippen LogP contribution in [-0.2, 0) is 5.41 Å². The average Bonchev–Trinajstić information content (AvgIpc) is 3.81. The molecule has 0 amide bonds. The fraction of sp³-hybridized carbons (Fsp3) is 0.0189. The predicted octanol–water partition coefficient (Wildman–Crippen LogP) is 13.4. The predicted molar refractivity (Wildman–Crippen MR) is 228 cm³/mol. The van der Waals surface area contributed by atoms with Crippen molar-refractivity contribution in [2.24, 2.45) is 0 Å². The molecule has 0 atom stereocenters. The van der Waals surface area contributed by atoms with Crippen molar-refractivity contribution in [3.05, 3.63) is 229 Å². The van der Waals surface area contributed by atoms with Gasteiger partial charge in [0.25, 0.3) is 0 Å². The quantitative estimate of drug-likeness (QED) is 0.172.